The largest absolute Gasteiger partial charge is 0.484 e. The van der Waals surface area contributed by atoms with Crippen molar-refractivity contribution in [2.75, 3.05) is 11.9 Å². The van der Waals surface area contributed by atoms with Crippen molar-refractivity contribution >= 4 is 11.6 Å². The van der Waals surface area contributed by atoms with Gasteiger partial charge in [-0.3, -0.25) is 4.79 Å². The molecule has 0 saturated heterocycles. The molecular weight excluding hydrogens is 309 g/mol. The molecule has 0 saturated carbocycles. The predicted octanol–water partition coefficient (Wildman–Crippen LogP) is 3.40. The number of hydrogen-bond donors (Lipinski definition) is 1. The smallest absolute Gasteiger partial charge is 0.262 e. The van der Waals surface area contributed by atoms with Crippen LogP contribution in [0.5, 0.6) is 5.75 Å². The molecule has 2 aromatic rings. The molecule has 3 nitrogen and oxygen atoms in total. The van der Waals surface area contributed by atoms with Crippen LogP contribution in [-0.2, 0) is 4.79 Å². The monoisotopic (exact) mass is 317 g/mol. The van der Waals surface area contributed by atoms with Gasteiger partial charge in [0.05, 0.1) is 0 Å². The normalized spacial score (nSPS) is 10.4. The van der Waals surface area contributed by atoms with E-state index >= 15 is 0 Å². The fourth-order valence-corrected chi connectivity index (χ4v) is 1.56. The van der Waals surface area contributed by atoms with Crippen LogP contribution in [0, 0.1) is 29.1 Å². The highest BCUT2D eigenvalue weighted by molar-refractivity contribution is 5.92. The minimum Gasteiger partial charge on any atom is -0.484 e. The maximum atomic E-state index is 13.3. The summed E-state index contributed by atoms with van der Waals surface area (Å²) in [7, 11) is 0. The third kappa shape index (κ3) is 3.16. The lowest BCUT2D eigenvalue weighted by atomic mass is 10.2. The summed E-state index contributed by atoms with van der Waals surface area (Å²) < 4.78 is 70.4. The van der Waals surface area contributed by atoms with Gasteiger partial charge < -0.3 is 10.1 Å². The summed E-state index contributed by atoms with van der Waals surface area (Å²) in [5.74, 6) is -11.6. The van der Waals surface area contributed by atoms with Crippen LogP contribution < -0.4 is 10.1 Å². The van der Waals surface area contributed by atoms with Crippen LogP contribution in [-0.4, -0.2) is 12.5 Å². The first kappa shape index (κ1) is 15.7. The quantitative estimate of drug-likeness (QED) is 0.533. The fourth-order valence-electron chi connectivity index (χ4n) is 1.56. The Morgan fingerprint density at radius 2 is 1.36 bits per heavy atom. The molecule has 0 aromatic heterocycles. The molecule has 0 bridgehead atoms. The molecule has 8 heteroatoms. The number of carbonyl (C=O) groups is 1. The Morgan fingerprint density at radius 3 is 1.91 bits per heavy atom. The molecule has 22 heavy (non-hydrogen) atoms. The number of carbonyl (C=O) groups excluding carboxylic acids is 1. The van der Waals surface area contributed by atoms with E-state index in [4.69, 9.17) is 4.74 Å². The van der Waals surface area contributed by atoms with Crippen LogP contribution in [0.3, 0.4) is 0 Å². The zero-order valence-electron chi connectivity index (χ0n) is 10.8. The van der Waals surface area contributed by atoms with Crippen LogP contribution in [0.1, 0.15) is 0 Å². The highest BCUT2D eigenvalue weighted by Gasteiger charge is 2.26. The summed E-state index contributed by atoms with van der Waals surface area (Å²) in [6.07, 6.45) is 0. The van der Waals surface area contributed by atoms with E-state index < -0.39 is 47.3 Å². The second-order valence-electron chi connectivity index (χ2n) is 4.09. The SMILES string of the molecule is O=C(COc1ccccc1)Nc1c(F)c(F)c(F)c(F)c1F. The molecule has 0 unspecified atom stereocenters. The Hall–Kier alpha value is -2.64. The first-order valence-corrected chi connectivity index (χ1v) is 5.91. The van der Waals surface area contributed by atoms with Gasteiger partial charge in [-0.05, 0) is 12.1 Å². The second-order valence-corrected chi connectivity index (χ2v) is 4.09. The molecule has 0 aliphatic rings. The average Bonchev–Trinajstić information content (AvgIpc) is 2.54. The summed E-state index contributed by atoms with van der Waals surface area (Å²) in [6.45, 7) is -0.663. The number of hydrogen-bond acceptors (Lipinski definition) is 2. The minimum atomic E-state index is -2.30. The first-order chi connectivity index (χ1) is 10.4. The molecule has 116 valence electrons. The highest BCUT2D eigenvalue weighted by Crippen LogP contribution is 2.27. The minimum absolute atomic E-state index is 0.301. The molecule has 0 spiro atoms. The van der Waals surface area contributed by atoms with Crippen molar-refractivity contribution in [1.29, 1.82) is 0 Å². The predicted molar refractivity (Wildman–Crippen MR) is 66.8 cm³/mol. The molecule has 1 N–H and O–H groups in total. The van der Waals surface area contributed by atoms with E-state index in [1.165, 1.54) is 12.1 Å². The molecular formula is C14H8F5NO2. The maximum Gasteiger partial charge on any atom is 0.262 e. The lowest BCUT2D eigenvalue weighted by Crippen LogP contribution is -2.22. The molecule has 2 aromatic carbocycles. The third-order valence-corrected chi connectivity index (χ3v) is 2.59. The van der Waals surface area contributed by atoms with Crippen LogP contribution >= 0.6 is 0 Å². The summed E-state index contributed by atoms with van der Waals surface area (Å²) in [4.78, 5) is 11.5. The topological polar surface area (TPSA) is 38.3 Å². The van der Waals surface area contributed by atoms with Gasteiger partial charge in [-0.15, -0.1) is 0 Å². The fraction of sp³-hybridized carbons (Fsp3) is 0.0714. The molecule has 0 aliphatic carbocycles. The number of anilines is 1. The van der Waals surface area contributed by atoms with Gasteiger partial charge in [-0.1, -0.05) is 18.2 Å². The summed E-state index contributed by atoms with van der Waals surface area (Å²) in [6, 6.07) is 7.98. The number of rotatable bonds is 4. The number of halogens is 5. The van der Waals surface area contributed by atoms with Crippen molar-refractivity contribution in [3.8, 4) is 5.75 Å². The molecule has 0 atom stereocenters. The van der Waals surface area contributed by atoms with Gasteiger partial charge in [0, 0.05) is 0 Å². The molecule has 2 rings (SSSR count). The molecule has 0 aliphatic heterocycles. The Kier molecular flexibility index (Phi) is 4.59. The number of ether oxygens (including phenoxy) is 1. The van der Waals surface area contributed by atoms with E-state index in [-0.39, 0.29) is 0 Å². The molecule has 0 radical (unpaired) electrons. The van der Waals surface area contributed by atoms with Crippen molar-refractivity contribution in [3.63, 3.8) is 0 Å². The Labute approximate surface area is 121 Å². The summed E-state index contributed by atoms with van der Waals surface area (Å²) in [5.41, 5.74) is -1.42. The van der Waals surface area contributed by atoms with E-state index in [2.05, 4.69) is 0 Å². The second kappa shape index (κ2) is 6.42. The van der Waals surface area contributed by atoms with Crippen LogP contribution in [0.25, 0.3) is 0 Å². The van der Waals surface area contributed by atoms with Crippen molar-refractivity contribution in [3.05, 3.63) is 59.4 Å². The Morgan fingerprint density at radius 1 is 0.864 bits per heavy atom. The van der Waals surface area contributed by atoms with Gasteiger partial charge in [0.2, 0.25) is 5.82 Å². The van der Waals surface area contributed by atoms with Gasteiger partial charge in [0.25, 0.3) is 5.91 Å². The summed E-state index contributed by atoms with van der Waals surface area (Å²) in [5, 5.41) is 1.60. The van der Waals surface area contributed by atoms with Crippen molar-refractivity contribution < 1.29 is 31.5 Å². The zero-order valence-corrected chi connectivity index (χ0v) is 10.8. The molecule has 0 heterocycles. The standard InChI is InChI=1S/C14H8F5NO2/c15-9-10(16)12(18)14(13(19)11(9)17)20-8(21)6-22-7-4-2-1-3-5-7/h1-5H,6H2,(H,20,21). The maximum absolute atomic E-state index is 13.3. The van der Waals surface area contributed by atoms with Crippen molar-refractivity contribution in [1.82, 2.24) is 0 Å². The number of para-hydroxylation sites is 1. The van der Waals surface area contributed by atoms with Crippen molar-refractivity contribution in [2.45, 2.75) is 0 Å². The van der Waals surface area contributed by atoms with Crippen LogP contribution in [0.4, 0.5) is 27.6 Å². The van der Waals surface area contributed by atoms with Gasteiger partial charge in [-0.25, -0.2) is 22.0 Å². The van der Waals surface area contributed by atoms with Crippen molar-refractivity contribution in [2.24, 2.45) is 0 Å². The van der Waals surface area contributed by atoms with Gasteiger partial charge in [-0.2, -0.15) is 0 Å². The molecule has 1 amide bonds. The van der Waals surface area contributed by atoms with Gasteiger partial charge in [0.15, 0.2) is 29.9 Å². The Bertz CT molecular complexity index is 677. The van der Waals surface area contributed by atoms with E-state index in [1.54, 1.807) is 23.5 Å². The third-order valence-electron chi connectivity index (χ3n) is 2.59. The van der Waals surface area contributed by atoms with Crippen LogP contribution in [0.15, 0.2) is 30.3 Å². The zero-order chi connectivity index (χ0) is 16.3. The van der Waals surface area contributed by atoms with E-state index in [1.807, 2.05) is 0 Å². The lowest BCUT2D eigenvalue weighted by molar-refractivity contribution is -0.118. The molecule has 0 fully saturated rings. The number of nitrogens with one attached hydrogen (secondary N) is 1. The highest BCUT2D eigenvalue weighted by atomic mass is 19.2. The Balaban J connectivity index is 2.12. The van der Waals surface area contributed by atoms with E-state index in [0.717, 1.165) is 0 Å². The van der Waals surface area contributed by atoms with Gasteiger partial charge in [0.1, 0.15) is 11.4 Å². The van der Waals surface area contributed by atoms with E-state index in [0.29, 0.717) is 5.75 Å². The summed E-state index contributed by atoms with van der Waals surface area (Å²) >= 11 is 0. The average molecular weight is 317 g/mol. The number of amides is 1. The lowest BCUT2D eigenvalue weighted by Gasteiger charge is -2.10. The van der Waals surface area contributed by atoms with Crippen LogP contribution in [0.2, 0.25) is 0 Å². The van der Waals surface area contributed by atoms with Gasteiger partial charge >= 0.3 is 0 Å². The van der Waals surface area contributed by atoms with E-state index in [9.17, 15) is 26.7 Å². The number of benzene rings is 2. The first-order valence-electron chi connectivity index (χ1n) is 5.91.